The van der Waals surface area contributed by atoms with E-state index in [1.165, 1.54) is 0 Å². The molecule has 1 heterocycles. The van der Waals surface area contributed by atoms with Crippen LogP contribution in [0.15, 0.2) is 11.6 Å². The van der Waals surface area contributed by atoms with Gasteiger partial charge in [-0.15, -0.1) is 0 Å². The van der Waals surface area contributed by atoms with Crippen molar-refractivity contribution in [3.8, 4) is 0 Å². The van der Waals surface area contributed by atoms with Gasteiger partial charge in [0.1, 0.15) is 5.41 Å². The van der Waals surface area contributed by atoms with Crippen LogP contribution in [-0.4, -0.2) is 47.4 Å². The van der Waals surface area contributed by atoms with Crippen LogP contribution in [0.25, 0.3) is 0 Å². The minimum absolute atomic E-state index is 0. The van der Waals surface area contributed by atoms with Gasteiger partial charge in [-0.1, -0.05) is 25.5 Å². The van der Waals surface area contributed by atoms with E-state index in [0.717, 1.165) is 6.42 Å². The quantitative estimate of drug-likeness (QED) is 0.438. The zero-order valence-corrected chi connectivity index (χ0v) is 12.7. The number of allylic oxidation sites excluding steroid dienone is 1. The van der Waals surface area contributed by atoms with Gasteiger partial charge < -0.3 is 0 Å². The fraction of sp³-hybridized carbons (Fsp3) is 0.545. The molecule has 0 atom stereocenters. The maximum Gasteiger partial charge on any atom is 0.328 e. The number of urea groups is 1. The minimum atomic E-state index is -1.23. The van der Waals surface area contributed by atoms with Crippen molar-refractivity contribution in [3.05, 3.63) is 11.6 Å². The van der Waals surface area contributed by atoms with E-state index >= 15 is 0 Å². The van der Waals surface area contributed by atoms with E-state index < -0.39 is 23.3 Å². The summed E-state index contributed by atoms with van der Waals surface area (Å²) in [6.07, 6.45) is 2.90. The van der Waals surface area contributed by atoms with Gasteiger partial charge in [-0.2, -0.15) is 0 Å². The average molecular weight is 247 g/mol. The van der Waals surface area contributed by atoms with Gasteiger partial charge in [0.25, 0.3) is 0 Å². The third-order valence-electron chi connectivity index (χ3n) is 2.94. The number of hydrogen-bond acceptors (Lipinski definition) is 3. The second kappa shape index (κ2) is 6.33. The standard InChI is InChI=1S/C11H16N2O3.Na/c1-4-6-7(3)11(5-2)8(14)12-10(16)13-9(11)15;/h6H,4-5H2,1-3H3,(H2,12,13,14,15,16);/b7-6+;. The molecule has 0 spiro atoms. The average Bonchev–Trinajstić information content (AvgIpc) is 2.18. The molecule has 5 nitrogen and oxygen atoms in total. The van der Waals surface area contributed by atoms with Crippen LogP contribution >= 0.6 is 0 Å². The van der Waals surface area contributed by atoms with Crippen molar-refractivity contribution in [2.75, 3.05) is 0 Å². The van der Waals surface area contributed by atoms with Crippen molar-refractivity contribution in [1.82, 2.24) is 10.6 Å². The molecule has 1 rings (SSSR count). The van der Waals surface area contributed by atoms with Crippen LogP contribution < -0.4 is 10.6 Å². The van der Waals surface area contributed by atoms with Gasteiger partial charge in [0.05, 0.1) is 0 Å². The van der Waals surface area contributed by atoms with Gasteiger partial charge in [0.2, 0.25) is 11.8 Å². The van der Waals surface area contributed by atoms with Crippen LogP contribution in [0.3, 0.4) is 0 Å². The third-order valence-corrected chi connectivity index (χ3v) is 2.94. The summed E-state index contributed by atoms with van der Waals surface area (Å²) in [6, 6.07) is -0.747. The summed E-state index contributed by atoms with van der Waals surface area (Å²) in [5.41, 5.74) is -0.552. The predicted molar refractivity (Wildman–Crippen MR) is 64.2 cm³/mol. The molecule has 2 N–H and O–H groups in total. The van der Waals surface area contributed by atoms with Crippen LogP contribution in [0.1, 0.15) is 33.6 Å². The second-order valence-electron chi connectivity index (χ2n) is 3.79. The van der Waals surface area contributed by atoms with Crippen LogP contribution in [0.5, 0.6) is 0 Å². The first-order valence-electron chi connectivity index (χ1n) is 5.33. The fourth-order valence-electron chi connectivity index (χ4n) is 1.99. The maximum atomic E-state index is 11.9. The number of nitrogens with one attached hydrogen (secondary N) is 2. The second-order valence-corrected chi connectivity index (χ2v) is 3.79. The van der Waals surface area contributed by atoms with E-state index in [1.807, 2.05) is 13.0 Å². The van der Waals surface area contributed by atoms with Gasteiger partial charge in [0, 0.05) is 29.6 Å². The molecule has 0 aromatic rings. The Morgan fingerprint density at radius 1 is 1.18 bits per heavy atom. The smallest absolute Gasteiger partial charge is 0.277 e. The number of amides is 4. The van der Waals surface area contributed by atoms with Crippen LogP contribution in [-0.2, 0) is 9.59 Å². The van der Waals surface area contributed by atoms with E-state index in [-0.39, 0.29) is 29.6 Å². The molecule has 6 heteroatoms. The normalized spacial score (nSPS) is 19.2. The first-order chi connectivity index (χ1) is 7.48. The molecule has 1 aliphatic heterocycles. The van der Waals surface area contributed by atoms with Gasteiger partial charge in [-0.3, -0.25) is 20.2 Å². The number of hydrogen-bond donors (Lipinski definition) is 2. The summed E-state index contributed by atoms with van der Waals surface area (Å²) in [6.45, 7) is 5.42. The van der Waals surface area contributed by atoms with E-state index in [0.29, 0.717) is 12.0 Å². The molecule has 1 radical (unpaired) electrons. The molecule has 17 heavy (non-hydrogen) atoms. The Kier molecular flexibility index (Phi) is 6.09. The molecule has 89 valence electrons. The Balaban J connectivity index is 0.00000256. The van der Waals surface area contributed by atoms with Gasteiger partial charge in [-0.05, 0) is 19.8 Å². The number of rotatable bonds is 3. The minimum Gasteiger partial charge on any atom is -0.277 e. The molecule has 4 amide bonds. The van der Waals surface area contributed by atoms with Crippen molar-refractivity contribution in [2.45, 2.75) is 33.6 Å². The topological polar surface area (TPSA) is 75.3 Å². The number of carbonyl (C=O) groups is 3. The van der Waals surface area contributed by atoms with Crippen LogP contribution in [0.2, 0.25) is 0 Å². The SMILES string of the molecule is CC/C=C(\C)C1(CC)C(=O)NC(=O)NC1=O.[Na]. The molecule has 1 aliphatic rings. The third kappa shape index (κ3) is 2.78. The zero-order chi connectivity index (χ0) is 12.3. The summed E-state index contributed by atoms with van der Waals surface area (Å²) in [4.78, 5) is 34.7. The number of carbonyl (C=O) groups excluding carboxylic acids is 3. The molecule has 1 saturated heterocycles. The Hall–Kier alpha value is -0.650. The maximum absolute atomic E-state index is 11.9. The van der Waals surface area contributed by atoms with Crippen molar-refractivity contribution in [2.24, 2.45) is 5.41 Å². The summed E-state index contributed by atoms with van der Waals surface area (Å²) < 4.78 is 0. The molecule has 0 aromatic heterocycles. The molecule has 1 fully saturated rings. The van der Waals surface area contributed by atoms with Crippen LogP contribution in [0, 0.1) is 5.41 Å². The number of barbiturate groups is 1. The summed E-state index contributed by atoms with van der Waals surface area (Å²) in [5, 5.41) is 4.28. The summed E-state index contributed by atoms with van der Waals surface area (Å²) in [5.74, 6) is -1.07. The monoisotopic (exact) mass is 247 g/mol. The summed E-state index contributed by atoms with van der Waals surface area (Å²) >= 11 is 0. The Bertz CT molecular complexity index is 357. The zero-order valence-electron chi connectivity index (χ0n) is 10.7. The largest absolute Gasteiger partial charge is 0.328 e. The van der Waals surface area contributed by atoms with E-state index in [4.69, 9.17) is 0 Å². The molecule has 0 unspecified atom stereocenters. The molecule has 0 aliphatic carbocycles. The Morgan fingerprint density at radius 2 is 1.65 bits per heavy atom. The molecule has 0 aromatic carbocycles. The van der Waals surface area contributed by atoms with E-state index in [2.05, 4.69) is 10.6 Å². The van der Waals surface area contributed by atoms with Gasteiger partial charge in [-0.25, -0.2) is 4.79 Å². The summed E-state index contributed by atoms with van der Waals surface area (Å²) in [7, 11) is 0. The Morgan fingerprint density at radius 3 is 2.00 bits per heavy atom. The van der Waals surface area contributed by atoms with Crippen molar-refractivity contribution < 1.29 is 14.4 Å². The first-order valence-corrected chi connectivity index (χ1v) is 5.33. The van der Waals surface area contributed by atoms with Crippen molar-refractivity contribution in [3.63, 3.8) is 0 Å². The van der Waals surface area contributed by atoms with Crippen molar-refractivity contribution >= 4 is 47.4 Å². The molecular formula is C11H16N2NaO3. The molecule has 0 saturated carbocycles. The van der Waals surface area contributed by atoms with Gasteiger partial charge >= 0.3 is 6.03 Å². The van der Waals surface area contributed by atoms with Crippen LogP contribution in [0.4, 0.5) is 4.79 Å². The Labute approximate surface area is 123 Å². The van der Waals surface area contributed by atoms with Gasteiger partial charge in [0.15, 0.2) is 0 Å². The number of imide groups is 2. The molecular weight excluding hydrogens is 231 g/mol. The molecule has 0 bridgehead atoms. The van der Waals surface area contributed by atoms with E-state index in [9.17, 15) is 14.4 Å². The fourth-order valence-corrected chi connectivity index (χ4v) is 1.99. The van der Waals surface area contributed by atoms with E-state index in [1.54, 1.807) is 13.8 Å². The predicted octanol–water partition coefficient (Wildman–Crippen LogP) is 0.724. The first kappa shape index (κ1) is 16.4. The van der Waals surface area contributed by atoms with Crippen molar-refractivity contribution in [1.29, 1.82) is 0 Å².